The first-order valence-corrected chi connectivity index (χ1v) is 3.89. The van der Waals surface area contributed by atoms with Crippen LogP contribution in [0.15, 0.2) is 0 Å². The smallest absolute Gasteiger partial charge is 0.255 e. The fourth-order valence-corrected chi connectivity index (χ4v) is 1.31. The largest absolute Gasteiger partial charge is 0.662 e. The second kappa shape index (κ2) is 3.61. The second-order valence-electron chi connectivity index (χ2n) is 2.79. The van der Waals surface area contributed by atoms with E-state index >= 15 is 0 Å². The van der Waals surface area contributed by atoms with Crippen molar-refractivity contribution >= 4 is 0 Å². The predicted molar refractivity (Wildman–Crippen MR) is 43.0 cm³/mol. The second-order valence-corrected chi connectivity index (χ2v) is 2.79. The molecule has 1 heterocycles. The van der Waals surface area contributed by atoms with Gasteiger partial charge in [-0.1, -0.05) is 0 Å². The summed E-state index contributed by atoms with van der Waals surface area (Å²) in [4.78, 5) is 29.0. The molecule has 0 unspecified atom stereocenters. The summed E-state index contributed by atoms with van der Waals surface area (Å²) < 4.78 is 0. The van der Waals surface area contributed by atoms with Crippen LogP contribution in [0.5, 0.6) is 0 Å². The van der Waals surface area contributed by atoms with Crippen molar-refractivity contribution in [1.82, 2.24) is 10.3 Å². The molecule has 1 aliphatic heterocycles. The van der Waals surface area contributed by atoms with E-state index in [1.165, 1.54) is 0 Å². The Kier molecular flexibility index (Phi) is 2.65. The first-order valence-electron chi connectivity index (χ1n) is 3.89. The fraction of sp³-hybridized carbons (Fsp3) is 1.00. The zero-order valence-electron chi connectivity index (χ0n) is 7.36. The molecule has 1 rings (SSSR count). The van der Waals surface area contributed by atoms with Crippen molar-refractivity contribution in [3.05, 3.63) is 30.3 Å². The lowest BCUT2D eigenvalue weighted by Crippen LogP contribution is -2.73. The molecule has 0 aliphatic carbocycles. The fourth-order valence-electron chi connectivity index (χ4n) is 1.31. The highest BCUT2D eigenvalue weighted by Crippen LogP contribution is 2.18. The first kappa shape index (κ1) is 11.0. The molecule has 0 aromatic rings. The van der Waals surface area contributed by atoms with E-state index in [-0.39, 0.29) is 24.5 Å². The molecule has 1 saturated heterocycles. The first-order chi connectivity index (χ1) is 6.93. The van der Waals surface area contributed by atoms with Crippen molar-refractivity contribution in [1.29, 1.82) is 0 Å². The van der Waals surface area contributed by atoms with Crippen LogP contribution in [0.2, 0.25) is 0 Å². The zero-order valence-corrected chi connectivity index (χ0v) is 7.36. The third-order valence-corrected chi connectivity index (χ3v) is 1.98. The van der Waals surface area contributed by atoms with Gasteiger partial charge < -0.3 is 0 Å². The van der Waals surface area contributed by atoms with E-state index in [1.54, 1.807) is 0 Å². The SMILES string of the molecule is O=[N+]([O-])N1CCCNC1([N+](=O)[O-])[N+](=O)[O-]. The molecular formula is C4H7N5O6. The van der Waals surface area contributed by atoms with Gasteiger partial charge in [0.2, 0.25) is 0 Å². The van der Waals surface area contributed by atoms with Gasteiger partial charge in [-0.05, 0) is 6.42 Å². The summed E-state index contributed by atoms with van der Waals surface area (Å²) in [6.45, 7) is -0.367. The number of nitrogens with one attached hydrogen (secondary N) is 1. The van der Waals surface area contributed by atoms with E-state index in [2.05, 4.69) is 0 Å². The van der Waals surface area contributed by atoms with Gasteiger partial charge >= 0.3 is 5.91 Å². The van der Waals surface area contributed by atoms with Gasteiger partial charge in [0.15, 0.2) is 5.03 Å². The maximum atomic E-state index is 10.6. The monoisotopic (exact) mass is 221 g/mol. The average molecular weight is 221 g/mol. The Labute approximate surface area is 82.1 Å². The summed E-state index contributed by atoms with van der Waals surface area (Å²) in [5.74, 6) is -3.05. The highest BCUT2D eigenvalue weighted by Gasteiger charge is 2.69. The van der Waals surface area contributed by atoms with Crippen molar-refractivity contribution in [2.45, 2.75) is 12.3 Å². The summed E-state index contributed by atoms with van der Waals surface area (Å²) in [7, 11) is 0. The van der Waals surface area contributed by atoms with E-state index in [1.807, 2.05) is 5.32 Å². The normalized spacial score (nSPS) is 19.6. The van der Waals surface area contributed by atoms with Gasteiger partial charge in [0.25, 0.3) is 0 Å². The Morgan fingerprint density at radius 3 is 2.00 bits per heavy atom. The van der Waals surface area contributed by atoms with E-state index in [9.17, 15) is 30.3 Å². The summed E-state index contributed by atoms with van der Waals surface area (Å²) >= 11 is 0. The molecule has 0 radical (unpaired) electrons. The number of nitrogens with zero attached hydrogens (tertiary/aromatic N) is 4. The minimum absolute atomic E-state index is 0.0174. The molecule has 84 valence electrons. The quantitative estimate of drug-likeness (QED) is 0.349. The van der Waals surface area contributed by atoms with Crippen molar-refractivity contribution in [3.8, 4) is 0 Å². The van der Waals surface area contributed by atoms with Gasteiger partial charge in [-0.25, -0.2) is 10.1 Å². The van der Waals surface area contributed by atoms with Crippen LogP contribution in [-0.2, 0) is 0 Å². The van der Waals surface area contributed by atoms with E-state index in [4.69, 9.17) is 0 Å². The maximum absolute atomic E-state index is 10.6. The molecule has 11 heteroatoms. The maximum Gasteiger partial charge on any atom is 0.662 e. The number of rotatable bonds is 3. The molecule has 11 nitrogen and oxygen atoms in total. The molecule has 0 bridgehead atoms. The van der Waals surface area contributed by atoms with E-state index in [0.29, 0.717) is 0 Å². The number of hydrogen-bond acceptors (Lipinski definition) is 7. The van der Waals surface area contributed by atoms with Gasteiger partial charge in [-0.3, -0.25) is 20.2 Å². The average Bonchev–Trinajstić information content (AvgIpc) is 2.16. The molecule has 0 amide bonds. The lowest BCUT2D eigenvalue weighted by molar-refractivity contribution is -0.907. The van der Waals surface area contributed by atoms with Gasteiger partial charge in [0, 0.05) is 11.6 Å². The third kappa shape index (κ3) is 1.52. The molecular weight excluding hydrogens is 214 g/mol. The number of hydrazine groups is 1. The topological polar surface area (TPSA) is 145 Å². The Morgan fingerprint density at radius 1 is 1.13 bits per heavy atom. The highest BCUT2D eigenvalue weighted by molar-refractivity contribution is 4.68. The molecule has 0 aromatic carbocycles. The van der Waals surface area contributed by atoms with Crippen LogP contribution in [0.25, 0.3) is 0 Å². The van der Waals surface area contributed by atoms with Crippen LogP contribution in [0, 0.1) is 30.3 Å². The van der Waals surface area contributed by atoms with E-state index < -0.39 is 20.8 Å². The molecule has 1 fully saturated rings. The Bertz CT molecular complexity index is 303. The zero-order chi connectivity index (χ0) is 11.6. The highest BCUT2D eigenvalue weighted by atomic mass is 16.7. The summed E-state index contributed by atoms with van der Waals surface area (Å²) in [5, 5.41) is 32.4. The van der Waals surface area contributed by atoms with Gasteiger partial charge in [0.1, 0.15) is 9.85 Å². The standard InChI is InChI=1S/C4H7N5O6/c10-7(11)4(8(12)13)5-2-1-3-6(4)9(14)15/h5H,1-3H2. The molecule has 1 aliphatic rings. The predicted octanol–water partition coefficient (Wildman–Crippen LogP) is -1.36. The molecule has 1 N–H and O–H groups in total. The number of hydrogen-bond donors (Lipinski definition) is 1. The van der Waals surface area contributed by atoms with Gasteiger partial charge in [0.05, 0.1) is 6.54 Å². The Morgan fingerprint density at radius 2 is 1.67 bits per heavy atom. The molecule has 15 heavy (non-hydrogen) atoms. The van der Waals surface area contributed by atoms with Crippen LogP contribution in [0.4, 0.5) is 0 Å². The molecule has 0 aromatic heterocycles. The molecule has 0 atom stereocenters. The summed E-state index contributed by atoms with van der Waals surface area (Å²) in [5.41, 5.74) is 0. The van der Waals surface area contributed by atoms with Crippen molar-refractivity contribution in [2.75, 3.05) is 13.1 Å². The van der Waals surface area contributed by atoms with Crippen molar-refractivity contribution in [2.24, 2.45) is 0 Å². The Balaban J connectivity index is 3.16. The van der Waals surface area contributed by atoms with Crippen LogP contribution in [0.3, 0.4) is 0 Å². The summed E-state index contributed by atoms with van der Waals surface area (Å²) in [6, 6.07) is 0. The molecule has 0 saturated carbocycles. The van der Waals surface area contributed by atoms with Crippen molar-refractivity contribution < 1.29 is 14.9 Å². The van der Waals surface area contributed by atoms with Crippen LogP contribution < -0.4 is 5.32 Å². The van der Waals surface area contributed by atoms with Crippen LogP contribution in [-0.4, -0.2) is 38.9 Å². The summed E-state index contributed by atoms with van der Waals surface area (Å²) in [6.07, 6.45) is 0.227. The minimum atomic E-state index is -3.05. The van der Waals surface area contributed by atoms with Crippen LogP contribution >= 0.6 is 0 Å². The van der Waals surface area contributed by atoms with Crippen molar-refractivity contribution in [3.63, 3.8) is 0 Å². The van der Waals surface area contributed by atoms with Gasteiger partial charge in [-0.2, -0.15) is 5.32 Å². The molecule has 0 spiro atoms. The minimum Gasteiger partial charge on any atom is -0.255 e. The van der Waals surface area contributed by atoms with Crippen LogP contribution in [0.1, 0.15) is 6.42 Å². The van der Waals surface area contributed by atoms with E-state index in [0.717, 1.165) is 0 Å². The van der Waals surface area contributed by atoms with Gasteiger partial charge in [-0.15, -0.1) is 0 Å². The lowest BCUT2D eigenvalue weighted by Gasteiger charge is -2.26. The Hall–Kier alpha value is -2.04. The third-order valence-electron chi connectivity index (χ3n) is 1.98. The number of nitro groups is 3. The lowest BCUT2D eigenvalue weighted by atomic mass is 10.3.